The van der Waals surface area contributed by atoms with Crippen molar-refractivity contribution in [3.05, 3.63) is 47.5 Å². The lowest BCUT2D eigenvalue weighted by molar-refractivity contribution is 0.554. The number of allylic oxidation sites excluding steroid dienone is 1. The SMILES string of the molecule is CCC1(c2ccc(C)cc2)C=CC=N1. The van der Waals surface area contributed by atoms with E-state index in [9.17, 15) is 0 Å². The Morgan fingerprint density at radius 2 is 1.93 bits per heavy atom. The van der Waals surface area contributed by atoms with Crippen molar-refractivity contribution in [2.45, 2.75) is 25.8 Å². The number of hydrogen-bond donors (Lipinski definition) is 0. The zero-order valence-corrected chi connectivity index (χ0v) is 8.70. The van der Waals surface area contributed by atoms with Gasteiger partial charge in [0, 0.05) is 6.21 Å². The Bertz CT molecular complexity index is 359. The van der Waals surface area contributed by atoms with Crippen molar-refractivity contribution in [1.29, 1.82) is 0 Å². The number of rotatable bonds is 2. The number of nitrogens with zero attached hydrogens (tertiary/aromatic N) is 1. The van der Waals surface area contributed by atoms with Crippen LogP contribution in [-0.4, -0.2) is 6.21 Å². The van der Waals surface area contributed by atoms with E-state index in [1.165, 1.54) is 11.1 Å². The molecule has 1 aliphatic rings. The van der Waals surface area contributed by atoms with E-state index in [1.54, 1.807) is 0 Å². The third-order valence-electron chi connectivity index (χ3n) is 2.85. The van der Waals surface area contributed by atoms with Crippen molar-refractivity contribution in [1.82, 2.24) is 0 Å². The minimum Gasteiger partial charge on any atom is -0.278 e. The first-order chi connectivity index (χ1) is 6.77. The van der Waals surface area contributed by atoms with E-state index in [2.05, 4.69) is 49.2 Å². The molecule has 0 saturated heterocycles. The summed E-state index contributed by atoms with van der Waals surface area (Å²) < 4.78 is 0. The highest BCUT2D eigenvalue weighted by Crippen LogP contribution is 2.33. The van der Waals surface area contributed by atoms with Gasteiger partial charge in [-0.15, -0.1) is 0 Å². The Balaban J connectivity index is 2.42. The van der Waals surface area contributed by atoms with Crippen LogP contribution in [0.25, 0.3) is 0 Å². The first-order valence-corrected chi connectivity index (χ1v) is 5.07. The van der Waals surface area contributed by atoms with E-state index in [1.807, 2.05) is 12.3 Å². The lowest BCUT2D eigenvalue weighted by atomic mass is 9.88. The van der Waals surface area contributed by atoms with Gasteiger partial charge in [-0.3, -0.25) is 4.99 Å². The average molecular weight is 185 g/mol. The summed E-state index contributed by atoms with van der Waals surface area (Å²) in [5.74, 6) is 0. The Morgan fingerprint density at radius 1 is 1.21 bits per heavy atom. The van der Waals surface area contributed by atoms with Crippen LogP contribution in [0.1, 0.15) is 24.5 Å². The van der Waals surface area contributed by atoms with E-state index >= 15 is 0 Å². The first kappa shape index (κ1) is 9.20. The third-order valence-corrected chi connectivity index (χ3v) is 2.85. The van der Waals surface area contributed by atoms with Crippen LogP contribution in [0.15, 0.2) is 41.4 Å². The third kappa shape index (κ3) is 1.39. The van der Waals surface area contributed by atoms with E-state index in [4.69, 9.17) is 0 Å². The van der Waals surface area contributed by atoms with Crippen molar-refractivity contribution in [2.75, 3.05) is 0 Å². The molecule has 0 spiro atoms. The van der Waals surface area contributed by atoms with E-state index in [0.29, 0.717) is 0 Å². The molecule has 0 bridgehead atoms. The first-order valence-electron chi connectivity index (χ1n) is 5.07. The van der Waals surface area contributed by atoms with Gasteiger partial charge in [-0.25, -0.2) is 0 Å². The summed E-state index contributed by atoms with van der Waals surface area (Å²) in [6.07, 6.45) is 7.12. The fourth-order valence-corrected chi connectivity index (χ4v) is 1.85. The lowest BCUT2D eigenvalue weighted by Gasteiger charge is -2.23. The second-order valence-electron chi connectivity index (χ2n) is 3.78. The zero-order chi connectivity index (χ0) is 10.0. The van der Waals surface area contributed by atoms with Crippen LogP contribution in [-0.2, 0) is 5.54 Å². The fraction of sp³-hybridized carbons (Fsp3) is 0.308. The minimum atomic E-state index is -0.0896. The van der Waals surface area contributed by atoms with Crippen LogP contribution >= 0.6 is 0 Å². The van der Waals surface area contributed by atoms with Gasteiger partial charge < -0.3 is 0 Å². The number of aliphatic imine (C=N–C) groups is 1. The van der Waals surface area contributed by atoms with Crippen molar-refractivity contribution in [3.8, 4) is 0 Å². The second kappa shape index (κ2) is 3.41. The van der Waals surface area contributed by atoms with Crippen LogP contribution < -0.4 is 0 Å². The Labute approximate surface area is 85.2 Å². The molecular formula is C13H15N. The smallest absolute Gasteiger partial charge is 0.104 e. The summed E-state index contributed by atoms with van der Waals surface area (Å²) in [5, 5.41) is 0. The summed E-state index contributed by atoms with van der Waals surface area (Å²) in [6.45, 7) is 4.28. The van der Waals surface area contributed by atoms with Gasteiger partial charge in [0.15, 0.2) is 0 Å². The van der Waals surface area contributed by atoms with Crippen molar-refractivity contribution in [3.63, 3.8) is 0 Å². The molecule has 1 aliphatic heterocycles. The Hall–Kier alpha value is -1.37. The highest BCUT2D eigenvalue weighted by Gasteiger charge is 2.27. The van der Waals surface area contributed by atoms with Gasteiger partial charge in [-0.05, 0) is 25.0 Å². The summed E-state index contributed by atoms with van der Waals surface area (Å²) >= 11 is 0. The maximum absolute atomic E-state index is 4.55. The van der Waals surface area contributed by atoms with Gasteiger partial charge in [-0.1, -0.05) is 42.8 Å². The molecule has 14 heavy (non-hydrogen) atoms. The molecule has 1 nitrogen and oxygen atoms in total. The highest BCUT2D eigenvalue weighted by atomic mass is 14.9. The van der Waals surface area contributed by atoms with Gasteiger partial charge in [0.25, 0.3) is 0 Å². The largest absolute Gasteiger partial charge is 0.278 e. The molecule has 1 heteroatoms. The predicted molar refractivity (Wildman–Crippen MR) is 60.8 cm³/mol. The molecule has 1 aromatic rings. The molecule has 0 saturated carbocycles. The number of aryl methyl sites for hydroxylation is 1. The zero-order valence-electron chi connectivity index (χ0n) is 8.70. The van der Waals surface area contributed by atoms with Crippen LogP contribution in [0.5, 0.6) is 0 Å². The van der Waals surface area contributed by atoms with Gasteiger partial charge in [-0.2, -0.15) is 0 Å². The monoisotopic (exact) mass is 185 g/mol. The molecule has 0 N–H and O–H groups in total. The van der Waals surface area contributed by atoms with Gasteiger partial charge >= 0.3 is 0 Å². The molecule has 2 rings (SSSR count). The molecule has 0 aromatic heterocycles. The lowest BCUT2D eigenvalue weighted by Crippen LogP contribution is -2.17. The van der Waals surface area contributed by atoms with Gasteiger partial charge in [0.05, 0.1) is 0 Å². The number of hydrogen-bond acceptors (Lipinski definition) is 1. The Kier molecular flexibility index (Phi) is 2.24. The van der Waals surface area contributed by atoms with Gasteiger partial charge in [0.1, 0.15) is 5.54 Å². The normalized spacial score (nSPS) is 24.4. The average Bonchev–Trinajstić information content (AvgIpc) is 2.68. The van der Waals surface area contributed by atoms with Gasteiger partial charge in [0.2, 0.25) is 0 Å². The highest BCUT2D eigenvalue weighted by molar-refractivity contribution is 5.75. The predicted octanol–water partition coefficient (Wildman–Crippen LogP) is 3.24. The van der Waals surface area contributed by atoms with Crippen LogP contribution in [0.3, 0.4) is 0 Å². The van der Waals surface area contributed by atoms with Crippen molar-refractivity contribution < 1.29 is 0 Å². The minimum absolute atomic E-state index is 0.0896. The van der Waals surface area contributed by atoms with E-state index < -0.39 is 0 Å². The number of benzene rings is 1. The molecule has 0 aliphatic carbocycles. The molecule has 1 aromatic carbocycles. The molecular weight excluding hydrogens is 170 g/mol. The topological polar surface area (TPSA) is 12.4 Å². The molecule has 0 fully saturated rings. The fourth-order valence-electron chi connectivity index (χ4n) is 1.85. The molecule has 1 atom stereocenters. The van der Waals surface area contributed by atoms with Crippen molar-refractivity contribution in [2.24, 2.45) is 4.99 Å². The summed E-state index contributed by atoms with van der Waals surface area (Å²) in [6, 6.07) is 8.64. The maximum atomic E-state index is 4.55. The molecule has 1 heterocycles. The van der Waals surface area contributed by atoms with Crippen LogP contribution in [0.2, 0.25) is 0 Å². The molecule has 0 amide bonds. The second-order valence-corrected chi connectivity index (χ2v) is 3.78. The Morgan fingerprint density at radius 3 is 2.43 bits per heavy atom. The van der Waals surface area contributed by atoms with E-state index in [-0.39, 0.29) is 5.54 Å². The molecule has 72 valence electrons. The van der Waals surface area contributed by atoms with Crippen LogP contribution in [0, 0.1) is 6.92 Å². The van der Waals surface area contributed by atoms with Crippen molar-refractivity contribution >= 4 is 6.21 Å². The van der Waals surface area contributed by atoms with E-state index in [0.717, 1.165) is 6.42 Å². The molecule has 0 radical (unpaired) electrons. The summed E-state index contributed by atoms with van der Waals surface area (Å²) in [4.78, 5) is 4.55. The molecule has 1 unspecified atom stereocenters. The maximum Gasteiger partial charge on any atom is 0.104 e. The summed E-state index contributed by atoms with van der Waals surface area (Å²) in [7, 11) is 0. The van der Waals surface area contributed by atoms with Crippen LogP contribution in [0.4, 0.5) is 0 Å². The quantitative estimate of drug-likeness (QED) is 0.670. The summed E-state index contributed by atoms with van der Waals surface area (Å²) in [5.41, 5.74) is 2.50. The standard InChI is InChI=1S/C13H15N/c1-3-13(9-4-10-14-13)12-7-5-11(2)6-8-12/h4-10H,3H2,1-2H3.